The first-order valence-electron chi connectivity index (χ1n) is 9.56. The lowest BCUT2D eigenvalue weighted by atomic mass is 9.94. The molecule has 0 spiro atoms. The predicted molar refractivity (Wildman–Crippen MR) is 97.6 cm³/mol. The number of anilines is 1. The van der Waals surface area contributed by atoms with Gasteiger partial charge in [-0.25, -0.2) is 9.97 Å². The number of ether oxygens (including phenoxy) is 1. The Morgan fingerprint density at radius 3 is 2.62 bits per heavy atom. The van der Waals surface area contributed by atoms with Gasteiger partial charge in [-0.2, -0.15) is 0 Å². The normalized spacial score (nSPS) is 23.7. The highest BCUT2D eigenvalue weighted by atomic mass is 16.5. The van der Waals surface area contributed by atoms with E-state index in [0.717, 1.165) is 30.7 Å². The fourth-order valence-corrected chi connectivity index (χ4v) is 3.86. The van der Waals surface area contributed by atoms with Crippen molar-refractivity contribution in [3.05, 3.63) is 12.4 Å². The Hall–Kier alpha value is -1.36. The Balaban J connectivity index is 1.61. The van der Waals surface area contributed by atoms with Crippen molar-refractivity contribution in [2.24, 2.45) is 11.8 Å². The van der Waals surface area contributed by atoms with Gasteiger partial charge in [0.2, 0.25) is 0 Å². The number of piperidine rings is 2. The van der Waals surface area contributed by atoms with Crippen LogP contribution >= 0.6 is 0 Å². The van der Waals surface area contributed by atoms with Crippen LogP contribution in [0.1, 0.15) is 46.5 Å². The molecule has 134 valence electrons. The molecule has 24 heavy (non-hydrogen) atoms. The van der Waals surface area contributed by atoms with Crippen molar-refractivity contribution in [3.8, 4) is 5.88 Å². The van der Waals surface area contributed by atoms with Crippen molar-refractivity contribution < 1.29 is 4.74 Å². The molecule has 1 unspecified atom stereocenters. The van der Waals surface area contributed by atoms with Gasteiger partial charge in [-0.15, -0.1) is 0 Å². The second kappa shape index (κ2) is 8.15. The molecule has 2 saturated heterocycles. The summed E-state index contributed by atoms with van der Waals surface area (Å²) >= 11 is 0. The van der Waals surface area contributed by atoms with Crippen LogP contribution in [0.3, 0.4) is 0 Å². The molecule has 0 radical (unpaired) electrons. The van der Waals surface area contributed by atoms with E-state index in [4.69, 9.17) is 4.74 Å². The fourth-order valence-electron chi connectivity index (χ4n) is 3.86. The number of aromatic nitrogens is 2. The summed E-state index contributed by atoms with van der Waals surface area (Å²) in [6.45, 7) is 12.3. The van der Waals surface area contributed by atoms with Crippen LogP contribution in [0.4, 0.5) is 5.82 Å². The molecule has 0 amide bonds. The average Bonchev–Trinajstić information content (AvgIpc) is 2.57. The predicted octanol–water partition coefficient (Wildman–Crippen LogP) is 3.21. The van der Waals surface area contributed by atoms with Crippen LogP contribution in [0.2, 0.25) is 0 Å². The highest BCUT2D eigenvalue weighted by Gasteiger charge is 2.26. The highest BCUT2D eigenvalue weighted by Crippen LogP contribution is 2.29. The first-order valence-corrected chi connectivity index (χ1v) is 9.56. The quantitative estimate of drug-likeness (QED) is 0.828. The van der Waals surface area contributed by atoms with Crippen LogP contribution in [0.15, 0.2) is 12.4 Å². The summed E-state index contributed by atoms with van der Waals surface area (Å²) in [4.78, 5) is 14.0. The van der Waals surface area contributed by atoms with Crippen molar-refractivity contribution in [3.63, 3.8) is 0 Å². The van der Waals surface area contributed by atoms with Crippen LogP contribution in [0.25, 0.3) is 0 Å². The lowest BCUT2D eigenvalue weighted by molar-refractivity contribution is 0.159. The van der Waals surface area contributed by atoms with Crippen molar-refractivity contribution in [2.45, 2.75) is 52.6 Å². The molecule has 3 heterocycles. The van der Waals surface area contributed by atoms with E-state index >= 15 is 0 Å². The molecule has 0 N–H and O–H groups in total. The summed E-state index contributed by atoms with van der Waals surface area (Å²) in [5.41, 5.74) is 0. The number of hydrogen-bond acceptors (Lipinski definition) is 5. The van der Waals surface area contributed by atoms with Gasteiger partial charge in [-0.3, -0.25) is 0 Å². The third-order valence-corrected chi connectivity index (χ3v) is 5.21. The summed E-state index contributed by atoms with van der Waals surface area (Å²) in [5.74, 6) is 3.23. The summed E-state index contributed by atoms with van der Waals surface area (Å²) in [6, 6.07) is 0. The molecule has 5 heteroatoms. The molecule has 1 aromatic rings. The summed E-state index contributed by atoms with van der Waals surface area (Å²) in [5, 5.41) is 0. The second-order valence-corrected chi connectivity index (χ2v) is 7.79. The van der Waals surface area contributed by atoms with Crippen molar-refractivity contribution in [1.29, 1.82) is 0 Å². The van der Waals surface area contributed by atoms with Crippen LogP contribution in [-0.2, 0) is 0 Å². The molecule has 0 bridgehead atoms. The average molecular weight is 332 g/mol. The molecule has 2 aliphatic heterocycles. The SMILES string of the molecule is CC1CCN(CC2CCCN(c3nccnc3OC(C)C)C2)CC1. The van der Waals surface area contributed by atoms with Gasteiger partial charge in [0.05, 0.1) is 6.10 Å². The van der Waals surface area contributed by atoms with Gasteiger partial charge in [0.1, 0.15) is 0 Å². The summed E-state index contributed by atoms with van der Waals surface area (Å²) < 4.78 is 5.87. The van der Waals surface area contributed by atoms with Gasteiger partial charge in [-0.1, -0.05) is 6.92 Å². The maximum Gasteiger partial charge on any atom is 0.257 e. The zero-order chi connectivity index (χ0) is 16.9. The smallest absolute Gasteiger partial charge is 0.257 e. The Morgan fingerprint density at radius 1 is 1.12 bits per heavy atom. The molecule has 3 rings (SSSR count). The molecule has 2 fully saturated rings. The fraction of sp³-hybridized carbons (Fsp3) is 0.789. The molecular weight excluding hydrogens is 300 g/mol. The first-order chi connectivity index (χ1) is 11.6. The van der Waals surface area contributed by atoms with Crippen molar-refractivity contribution >= 4 is 5.82 Å². The second-order valence-electron chi connectivity index (χ2n) is 7.79. The lowest BCUT2D eigenvalue weighted by Gasteiger charge is -2.38. The van der Waals surface area contributed by atoms with Crippen molar-refractivity contribution in [1.82, 2.24) is 14.9 Å². The molecule has 1 atom stereocenters. The van der Waals surface area contributed by atoms with Crippen LogP contribution in [0, 0.1) is 11.8 Å². The van der Waals surface area contributed by atoms with E-state index in [0.29, 0.717) is 5.88 Å². The minimum Gasteiger partial charge on any atom is -0.472 e. The maximum absolute atomic E-state index is 5.87. The van der Waals surface area contributed by atoms with Gasteiger partial charge in [0.25, 0.3) is 5.88 Å². The number of hydrogen-bond donors (Lipinski definition) is 0. The van der Waals surface area contributed by atoms with E-state index in [-0.39, 0.29) is 6.10 Å². The third-order valence-electron chi connectivity index (χ3n) is 5.21. The Kier molecular flexibility index (Phi) is 5.93. The molecule has 0 aromatic carbocycles. The van der Waals surface area contributed by atoms with Gasteiger partial charge >= 0.3 is 0 Å². The lowest BCUT2D eigenvalue weighted by Crippen LogP contribution is -2.43. The van der Waals surface area contributed by atoms with E-state index in [1.165, 1.54) is 45.3 Å². The molecule has 1 aromatic heterocycles. The Labute approximate surface area is 146 Å². The minimum absolute atomic E-state index is 0.122. The van der Waals surface area contributed by atoms with E-state index in [9.17, 15) is 0 Å². The maximum atomic E-state index is 5.87. The minimum atomic E-state index is 0.122. The van der Waals surface area contributed by atoms with Gasteiger partial charge in [0.15, 0.2) is 5.82 Å². The van der Waals surface area contributed by atoms with E-state index < -0.39 is 0 Å². The van der Waals surface area contributed by atoms with Gasteiger partial charge in [0, 0.05) is 32.0 Å². The summed E-state index contributed by atoms with van der Waals surface area (Å²) in [7, 11) is 0. The molecule has 5 nitrogen and oxygen atoms in total. The molecule has 0 aliphatic carbocycles. The van der Waals surface area contributed by atoms with E-state index in [1.54, 1.807) is 12.4 Å². The van der Waals surface area contributed by atoms with Crippen LogP contribution in [0.5, 0.6) is 5.88 Å². The molecule has 0 saturated carbocycles. The van der Waals surface area contributed by atoms with Crippen molar-refractivity contribution in [2.75, 3.05) is 37.6 Å². The van der Waals surface area contributed by atoms with E-state index in [1.807, 2.05) is 13.8 Å². The van der Waals surface area contributed by atoms with Crippen LogP contribution < -0.4 is 9.64 Å². The van der Waals surface area contributed by atoms with Crippen LogP contribution in [-0.4, -0.2) is 53.7 Å². The standard InChI is InChI=1S/C19H32N4O/c1-15(2)24-19-18(20-8-9-21-19)23-10-4-5-17(14-23)13-22-11-6-16(3)7-12-22/h8-9,15-17H,4-7,10-14H2,1-3H3. The third kappa shape index (κ3) is 4.59. The van der Waals surface area contributed by atoms with Gasteiger partial charge < -0.3 is 14.5 Å². The molecule has 2 aliphatic rings. The summed E-state index contributed by atoms with van der Waals surface area (Å²) in [6.07, 6.45) is 8.88. The zero-order valence-electron chi connectivity index (χ0n) is 15.4. The number of likely N-dealkylation sites (tertiary alicyclic amines) is 1. The number of rotatable bonds is 5. The first kappa shape index (κ1) is 17.5. The monoisotopic (exact) mass is 332 g/mol. The topological polar surface area (TPSA) is 41.5 Å². The highest BCUT2D eigenvalue weighted by molar-refractivity contribution is 5.48. The largest absolute Gasteiger partial charge is 0.472 e. The molecular formula is C19H32N4O. The number of nitrogens with zero attached hydrogens (tertiary/aromatic N) is 4. The zero-order valence-corrected chi connectivity index (χ0v) is 15.4. The van der Waals surface area contributed by atoms with Gasteiger partial charge in [-0.05, 0) is 64.5 Å². The Bertz CT molecular complexity index is 514. The van der Waals surface area contributed by atoms with E-state index in [2.05, 4.69) is 26.7 Å². The Morgan fingerprint density at radius 2 is 1.88 bits per heavy atom.